The van der Waals surface area contributed by atoms with Crippen molar-refractivity contribution in [3.63, 3.8) is 0 Å². The number of nitrogens with zero attached hydrogens (tertiary/aromatic N) is 2. The van der Waals surface area contributed by atoms with E-state index in [9.17, 15) is 4.79 Å². The standard InChI is InChI=1S/C16H16N4OS/c1-9(2)15-19-20-13(17)12(14(21)18-16(20)22-15)8-11-7-5-4-6-10(11)3/h4-8,17,19H,1-3H3. The molecule has 1 aromatic carbocycles. The normalized spacial score (nSPS) is 12.0. The van der Waals surface area contributed by atoms with Gasteiger partial charge < -0.3 is 0 Å². The lowest BCUT2D eigenvalue weighted by Gasteiger charge is -2.01. The summed E-state index contributed by atoms with van der Waals surface area (Å²) in [6, 6.07) is 7.76. The Kier molecular flexibility index (Phi) is 3.54. The largest absolute Gasteiger partial charge is 0.283 e. The van der Waals surface area contributed by atoms with E-state index in [2.05, 4.69) is 10.1 Å². The van der Waals surface area contributed by atoms with Crippen LogP contribution < -0.4 is 20.9 Å². The first-order chi connectivity index (χ1) is 10.5. The van der Waals surface area contributed by atoms with Gasteiger partial charge in [0.1, 0.15) is 4.66 Å². The Morgan fingerprint density at radius 2 is 2.09 bits per heavy atom. The summed E-state index contributed by atoms with van der Waals surface area (Å²) in [6.07, 6.45) is 1.73. The number of fused-ring (bicyclic) bond motifs is 1. The first-order valence-corrected chi connectivity index (χ1v) is 7.70. The molecule has 0 saturated carbocycles. The Labute approximate surface area is 130 Å². The summed E-state index contributed by atoms with van der Waals surface area (Å²) in [6.45, 7) is 5.93. The van der Waals surface area contributed by atoms with Crippen molar-refractivity contribution in [3.05, 3.63) is 61.1 Å². The highest BCUT2D eigenvalue weighted by atomic mass is 32.1. The Balaban J connectivity index is 2.40. The van der Waals surface area contributed by atoms with E-state index in [4.69, 9.17) is 5.41 Å². The van der Waals surface area contributed by atoms with Gasteiger partial charge in [0, 0.05) is 0 Å². The molecule has 0 spiro atoms. The Morgan fingerprint density at radius 3 is 2.77 bits per heavy atom. The van der Waals surface area contributed by atoms with Crippen LogP contribution in [0, 0.1) is 12.3 Å². The maximum atomic E-state index is 12.3. The Bertz CT molecular complexity index is 1050. The molecule has 0 saturated heterocycles. The first kappa shape index (κ1) is 14.5. The molecule has 1 aromatic rings. The fourth-order valence-corrected chi connectivity index (χ4v) is 3.03. The molecule has 0 atom stereocenters. The van der Waals surface area contributed by atoms with Gasteiger partial charge in [-0.25, -0.2) is 4.68 Å². The maximum absolute atomic E-state index is 12.3. The second-order valence-electron chi connectivity index (χ2n) is 5.34. The SMILES string of the molecule is CC(C)=c1[nH]n2c(=N)c(=Cc3ccccc3C)c(=O)nc-2s1. The molecule has 2 heterocycles. The smallest absolute Gasteiger partial charge is 0.282 e. The molecular formula is C16H16N4OS. The molecule has 0 amide bonds. The number of nitrogens with one attached hydrogen (secondary N) is 2. The third-order valence-corrected chi connectivity index (χ3v) is 4.61. The van der Waals surface area contributed by atoms with Gasteiger partial charge in [0.15, 0.2) is 5.49 Å². The van der Waals surface area contributed by atoms with Gasteiger partial charge in [-0.2, -0.15) is 4.98 Å². The fourth-order valence-electron chi connectivity index (χ4n) is 2.15. The zero-order valence-corrected chi connectivity index (χ0v) is 13.4. The molecule has 5 nitrogen and oxygen atoms in total. The lowest BCUT2D eigenvalue weighted by atomic mass is 10.1. The predicted molar refractivity (Wildman–Crippen MR) is 87.9 cm³/mol. The molecule has 3 rings (SSSR count). The average Bonchev–Trinajstić information content (AvgIpc) is 2.89. The zero-order chi connectivity index (χ0) is 15.9. The minimum atomic E-state index is -0.371. The van der Waals surface area contributed by atoms with Gasteiger partial charge in [0.2, 0.25) is 5.13 Å². The number of hydrogen-bond donors (Lipinski definition) is 2. The van der Waals surface area contributed by atoms with E-state index in [0.717, 1.165) is 21.4 Å². The number of aryl methyl sites for hydroxylation is 1. The predicted octanol–water partition coefficient (Wildman–Crippen LogP) is 0.867. The van der Waals surface area contributed by atoms with Crippen LogP contribution >= 0.6 is 11.3 Å². The molecule has 0 aliphatic carbocycles. The number of hydrogen-bond acceptors (Lipinski definition) is 4. The minimum Gasteiger partial charge on any atom is -0.282 e. The molecule has 112 valence electrons. The second kappa shape index (κ2) is 5.38. The highest BCUT2D eigenvalue weighted by Gasteiger charge is 2.10. The third kappa shape index (κ3) is 2.42. The molecule has 2 aliphatic rings. The van der Waals surface area contributed by atoms with Crippen LogP contribution in [0.1, 0.15) is 25.0 Å². The Morgan fingerprint density at radius 1 is 1.36 bits per heavy atom. The molecule has 0 fully saturated rings. The third-order valence-electron chi connectivity index (χ3n) is 3.45. The molecule has 6 heteroatoms. The monoisotopic (exact) mass is 312 g/mol. The molecule has 0 bridgehead atoms. The fraction of sp³-hybridized carbons (Fsp3) is 0.188. The van der Waals surface area contributed by atoms with Crippen LogP contribution in [0.3, 0.4) is 0 Å². The second-order valence-corrected chi connectivity index (χ2v) is 6.32. The maximum Gasteiger partial charge on any atom is 0.283 e. The summed E-state index contributed by atoms with van der Waals surface area (Å²) in [5.74, 6) is 0. The Hall–Kier alpha value is -2.47. The molecule has 0 aromatic heterocycles. The summed E-state index contributed by atoms with van der Waals surface area (Å²) >= 11 is 1.38. The summed E-state index contributed by atoms with van der Waals surface area (Å²) in [4.78, 5) is 16.4. The zero-order valence-electron chi connectivity index (χ0n) is 12.6. The van der Waals surface area contributed by atoms with Gasteiger partial charge in [-0.1, -0.05) is 35.6 Å². The lowest BCUT2D eigenvalue weighted by Crippen LogP contribution is -2.47. The van der Waals surface area contributed by atoms with Crippen molar-refractivity contribution >= 4 is 23.0 Å². The quantitative estimate of drug-likeness (QED) is 0.699. The topological polar surface area (TPSA) is 74.5 Å². The summed E-state index contributed by atoms with van der Waals surface area (Å²) in [5.41, 5.74) is 2.82. The number of rotatable bonds is 1. The summed E-state index contributed by atoms with van der Waals surface area (Å²) in [7, 11) is 0. The van der Waals surface area contributed by atoms with E-state index in [0.29, 0.717) is 10.4 Å². The summed E-state index contributed by atoms with van der Waals surface area (Å²) in [5, 5.41) is 12.2. The van der Waals surface area contributed by atoms with E-state index in [1.54, 1.807) is 10.8 Å². The van der Waals surface area contributed by atoms with E-state index in [1.165, 1.54) is 11.3 Å². The lowest BCUT2D eigenvalue weighted by molar-refractivity contribution is 0.749. The molecule has 0 radical (unpaired) electrons. The minimum absolute atomic E-state index is 0.127. The van der Waals surface area contributed by atoms with Gasteiger partial charge >= 0.3 is 0 Å². The number of H-pyrrole nitrogens is 1. The van der Waals surface area contributed by atoms with Gasteiger partial charge in [0.05, 0.1) is 5.22 Å². The van der Waals surface area contributed by atoms with Crippen LogP contribution in [0.25, 0.3) is 16.8 Å². The highest BCUT2D eigenvalue weighted by molar-refractivity contribution is 7.11. The van der Waals surface area contributed by atoms with Crippen molar-refractivity contribution in [2.75, 3.05) is 0 Å². The van der Waals surface area contributed by atoms with Gasteiger partial charge in [0.25, 0.3) is 5.56 Å². The molecule has 22 heavy (non-hydrogen) atoms. The number of benzene rings is 1. The number of aromatic amines is 1. The molecule has 0 unspecified atom stereocenters. The molecule has 2 N–H and O–H groups in total. The van der Waals surface area contributed by atoms with Crippen LogP contribution in [0.15, 0.2) is 29.1 Å². The average molecular weight is 312 g/mol. The van der Waals surface area contributed by atoms with Gasteiger partial charge in [-0.3, -0.25) is 15.3 Å². The molecule has 2 aliphatic heterocycles. The van der Waals surface area contributed by atoms with Crippen molar-refractivity contribution in [2.24, 2.45) is 0 Å². The van der Waals surface area contributed by atoms with E-state index in [1.807, 2.05) is 45.0 Å². The first-order valence-electron chi connectivity index (χ1n) is 6.89. The van der Waals surface area contributed by atoms with Gasteiger partial charge in [-0.05, 0) is 43.5 Å². The molecular weight excluding hydrogens is 296 g/mol. The van der Waals surface area contributed by atoms with Crippen molar-refractivity contribution in [1.82, 2.24) is 14.8 Å². The van der Waals surface area contributed by atoms with Gasteiger partial charge in [-0.15, -0.1) is 0 Å². The van der Waals surface area contributed by atoms with E-state index in [-0.39, 0.29) is 11.0 Å². The van der Waals surface area contributed by atoms with Crippen molar-refractivity contribution in [2.45, 2.75) is 20.8 Å². The van der Waals surface area contributed by atoms with Crippen molar-refractivity contribution in [1.29, 1.82) is 5.41 Å². The van der Waals surface area contributed by atoms with E-state index < -0.39 is 0 Å². The van der Waals surface area contributed by atoms with Crippen LogP contribution in [-0.2, 0) is 0 Å². The number of aromatic nitrogens is 3. The van der Waals surface area contributed by atoms with Crippen molar-refractivity contribution < 1.29 is 0 Å². The van der Waals surface area contributed by atoms with Crippen LogP contribution in [0.4, 0.5) is 0 Å². The van der Waals surface area contributed by atoms with Crippen molar-refractivity contribution in [3.8, 4) is 5.13 Å². The summed E-state index contributed by atoms with van der Waals surface area (Å²) < 4.78 is 2.46. The highest BCUT2D eigenvalue weighted by Crippen LogP contribution is 2.07. The van der Waals surface area contributed by atoms with E-state index >= 15 is 0 Å². The van der Waals surface area contributed by atoms with Crippen LogP contribution in [-0.4, -0.2) is 14.8 Å². The van der Waals surface area contributed by atoms with Crippen LogP contribution in [0.2, 0.25) is 0 Å². The van der Waals surface area contributed by atoms with Crippen LogP contribution in [0.5, 0.6) is 0 Å².